The van der Waals surface area contributed by atoms with E-state index in [1.54, 1.807) is 22.6 Å². The van der Waals surface area contributed by atoms with Gasteiger partial charge in [-0.1, -0.05) is 68.6 Å². The molecular formula is C27H26BrCl2N7O2. The first-order valence-corrected chi connectivity index (χ1v) is 13.9. The molecule has 0 aliphatic carbocycles. The predicted octanol–water partition coefficient (Wildman–Crippen LogP) is 5.24. The second-order valence-electron chi connectivity index (χ2n) is 9.53. The largest absolute Gasteiger partial charge is 0.333 e. The summed E-state index contributed by atoms with van der Waals surface area (Å²) in [6.07, 6.45) is 1.85. The van der Waals surface area contributed by atoms with Crippen molar-refractivity contribution in [1.29, 1.82) is 0 Å². The molecule has 0 bridgehead atoms. The zero-order chi connectivity index (χ0) is 27.8. The summed E-state index contributed by atoms with van der Waals surface area (Å²) in [6, 6.07) is 13.4. The number of carbonyl (C=O) groups excluding carboxylic acids is 2. The molecular weight excluding hydrogens is 605 g/mol. The van der Waals surface area contributed by atoms with E-state index in [0.717, 1.165) is 15.6 Å². The van der Waals surface area contributed by atoms with Crippen LogP contribution in [0.25, 0.3) is 5.69 Å². The number of nitrogens with zero attached hydrogens (tertiary/aromatic N) is 7. The monoisotopic (exact) mass is 629 g/mol. The molecule has 0 saturated carbocycles. The van der Waals surface area contributed by atoms with Crippen LogP contribution in [0.2, 0.25) is 10.2 Å². The molecule has 1 aliphatic heterocycles. The molecule has 5 rings (SSSR count). The van der Waals surface area contributed by atoms with E-state index in [1.807, 2.05) is 56.4 Å². The highest BCUT2D eigenvalue weighted by molar-refractivity contribution is 9.10. The van der Waals surface area contributed by atoms with Crippen LogP contribution in [-0.4, -0.2) is 66.0 Å². The van der Waals surface area contributed by atoms with Gasteiger partial charge in [0.1, 0.15) is 17.4 Å². The minimum atomic E-state index is -0.330. The molecule has 2 aromatic carbocycles. The smallest absolute Gasteiger partial charge is 0.259 e. The average molecular weight is 631 g/mol. The molecule has 4 aromatic rings. The van der Waals surface area contributed by atoms with Gasteiger partial charge in [0.2, 0.25) is 5.91 Å². The Bertz CT molecular complexity index is 1570. The van der Waals surface area contributed by atoms with Gasteiger partial charge in [-0.3, -0.25) is 9.59 Å². The van der Waals surface area contributed by atoms with Crippen molar-refractivity contribution in [3.05, 3.63) is 91.4 Å². The second kappa shape index (κ2) is 11.1. The fourth-order valence-electron chi connectivity index (χ4n) is 4.56. The zero-order valence-electron chi connectivity index (χ0n) is 21.6. The maximum absolute atomic E-state index is 13.4. The van der Waals surface area contributed by atoms with Crippen LogP contribution in [0.5, 0.6) is 0 Å². The quantitative estimate of drug-likeness (QED) is 0.291. The number of aryl methyl sites for hydroxylation is 2. The number of aromatic nitrogens is 5. The van der Waals surface area contributed by atoms with Gasteiger partial charge in [0.15, 0.2) is 0 Å². The molecule has 1 atom stereocenters. The molecule has 39 heavy (non-hydrogen) atoms. The maximum atomic E-state index is 13.4. The molecule has 0 unspecified atom stereocenters. The van der Waals surface area contributed by atoms with Gasteiger partial charge in [0.25, 0.3) is 5.91 Å². The highest BCUT2D eigenvalue weighted by Gasteiger charge is 2.32. The molecule has 9 nitrogen and oxygen atoms in total. The van der Waals surface area contributed by atoms with Gasteiger partial charge < -0.3 is 9.80 Å². The Morgan fingerprint density at radius 2 is 1.90 bits per heavy atom. The number of hydrogen-bond acceptors (Lipinski definition) is 5. The Balaban J connectivity index is 1.26. The third-order valence-electron chi connectivity index (χ3n) is 6.89. The molecule has 0 spiro atoms. The van der Waals surface area contributed by atoms with Gasteiger partial charge in [-0.2, -0.15) is 5.10 Å². The van der Waals surface area contributed by atoms with Crippen LogP contribution in [0.4, 0.5) is 0 Å². The van der Waals surface area contributed by atoms with E-state index < -0.39 is 0 Å². The van der Waals surface area contributed by atoms with E-state index in [0.29, 0.717) is 41.7 Å². The van der Waals surface area contributed by atoms with Crippen LogP contribution in [0.3, 0.4) is 0 Å². The number of halogens is 3. The molecule has 0 radical (unpaired) electrons. The first-order chi connectivity index (χ1) is 18.6. The standard InChI is InChI=1S/C27H26BrCl2N7O2/c1-16-8-9-20(12-23(16)29)37-26(30)25(17(2)32-37)27(39)35-11-10-34(24(38)15-35)13-19-14-36(33-31-19)18(3)21-6-4-5-7-22(21)28/h4-9,12,14,18H,10-11,13,15H2,1-3H3/t18-/m0/s1. The second-order valence-corrected chi connectivity index (χ2v) is 11.1. The van der Waals surface area contributed by atoms with Crippen LogP contribution < -0.4 is 0 Å². The normalized spacial score (nSPS) is 14.7. The summed E-state index contributed by atoms with van der Waals surface area (Å²) in [7, 11) is 0. The minimum Gasteiger partial charge on any atom is -0.333 e. The van der Waals surface area contributed by atoms with Crippen molar-refractivity contribution in [3.8, 4) is 5.69 Å². The third kappa shape index (κ3) is 5.46. The summed E-state index contributed by atoms with van der Waals surface area (Å²) in [4.78, 5) is 29.6. The molecule has 2 amide bonds. The Morgan fingerprint density at radius 1 is 1.13 bits per heavy atom. The van der Waals surface area contributed by atoms with E-state index >= 15 is 0 Å². The Kier molecular flexibility index (Phi) is 7.80. The lowest BCUT2D eigenvalue weighted by molar-refractivity contribution is -0.135. The molecule has 0 N–H and O–H groups in total. The molecule has 2 aromatic heterocycles. The topological polar surface area (TPSA) is 89.2 Å². The van der Waals surface area contributed by atoms with E-state index in [-0.39, 0.29) is 35.1 Å². The van der Waals surface area contributed by atoms with E-state index in [9.17, 15) is 9.59 Å². The first kappa shape index (κ1) is 27.4. The maximum Gasteiger partial charge on any atom is 0.259 e. The summed E-state index contributed by atoms with van der Waals surface area (Å²) in [6.45, 7) is 6.66. The van der Waals surface area contributed by atoms with E-state index in [1.165, 1.54) is 9.58 Å². The fourth-order valence-corrected chi connectivity index (χ4v) is 5.70. The van der Waals surface area contributed by atoms with E-state index in [2.05, 4.69) is 31.3 Å². The van der Waals surface area contributed by atoms with E-state index in [4.69, 9.17) is 23.2 Å². The van der Waals surface area contributed by atoms with Crippen LogP contribution in [0, 0.1) is 13.8 Å². The van der Waals surface area contributed by atoms with Gasteiger partial charge in [-0.15, -0.1) is 5.10 Å². The molecule has 1 aliphatic rings. The van der Waals surface area contributed by atoms with Crippen LogP contribution in [0.15, 0.2) is 53.1 Å². The summed E-state index contributed by atoms with van der Waals surface area (Å²) in [5.41, 5.74) is 4.10. The molecule has 1 fully saturated rings. The average Bonchev–Trinajstić information content (AvgIpc) is 3.50. The lowest BCUT2D eigenvalue weighted by Crippen LogP contribution is -2.51. The Morgan fingerprint density at radius 3 is 2.62 bits per heavy atom. The Labute approximate surface area is 244 Å². The lowest BCUT2D eigenvalue weighted by atomic mass is 10.1. The number of piperazine rings is 1. The zero-order valence-corrected chi connectivity index (χ0v) is 24.7. The highest BCUT2D eigenvalue weighted by Crippen LogP contribution is 2.28. The van der Waals surface area contributed by atoms with Crippen molar-refractivity contribution in [3.63, 3.8) is 0 Å². The summed E-state index contributed by atoms with van der Waals surface area (Å²) >= 11 is 16.5. The van der Waals surface area contributed by atoms with Crippen molar-refractivity contribution in [2.75, 3.05) is 19.6 Å². The summed E-state index contributed by atoms with van der Waals surface area (Å²) in [5.74, 6) is -0.502. The van der Waals surface area contributed by atoms with Crippen molar-refractivity contribution in [1.82, 2.24) is 34.6 Å². The molecule has 1 saturated heterocycles. The number of benzene rings is 2. The van der Waals surface area contributed by atoms with Crippen molar-refractivity contribution in [2.45, 2.75) is 33.4 Å². The van der Waals surface area contributed by atoms with Crippen LogP contribution in [-0.2, 0) is 11.3 Å². The van der Waals surface area contributed by atoms with Crippen molar-refractivity contribution < 1.29 is 9.59 Å². The number of carbonyl (C=O) groups is 2. The van der Waals surface area contributed by atoms with Gasteiger partial charge in [-0.25, -0.2) is 9.36 Å². The SMILES string of the molecule is Cc1ccc(-n2nc(C)c(C(=O)N3CCN(Cc4cn([C@@H](C)c5ccccc5Br)nn4)C(=O)C3)c2Cl)cc1Cl. The predicted molar refractivity (Wildman–Crippen MR) is 152 cm³/mol. The third-order valence-corrected chi connectivity index (χ3v) is 8.36. The van der Waals surface area contributed by atoms with Crippen LogP contribution >= 0.6 is 39.1 Å². The minimum absolute atomic E-state index is 0.0307. The van der Waals surface area contributed by atoms with Crippen molar-refractivity contribution >= 4 is 50.9 Å². The Hall–Kier alpha value is -3.21. The van der Waals surface area contributed by atoms with Gasteiger partial charge in [0, 0.05) is 22.6 Å². The van der Waals surface area contributed by atoms with Crippen molar-refractivity contribution in [2.24, 2.45) is 0 Å². The van der Waals surface area contributed by atoms with Gasteiger partial charge in [-0.05, 0) is 50.1 Å². The summed E-state index contributed by atoms with van der Waals surface area (Å²) < 4.78 is 4.27. The van der Waals surface area contributed by atoms with Gasteiger partial charge in [0.05, 0.1) is 35.7 Å². The highest BCUT2D eigenvalue weighted by atomic mass is 79.9. The first-order valence-electron chi connectivity index (χ1n) is 12.4. The number of rotatable bonds is 6. The van der Waals surface area contributed by atoms with Gasteiger partial charge >= 0.3 is 0 Å². The molecule has 12 heteroatoms. The molecule has 3 heterocycles. The van der Waals surface area contributed by atoms with Crippen LogP contribution in [0.1, 0.15) is 45.8 Å². The number of hydrogen-bond donors (Lipinski definition) is 0. The summed E-state index contributed by atoms with van der Waals surface area (Å²) in [5, 5.41) is 13.8. The fraction of sp³-hybridized carbons (Fsp3) is 0.296. The molecule has 202 valence electrons. The number of amides is 2. The lowest BCUT2D eigenvalue weighted by Gasteiger charge is -2.33.